The van der Waals surface area contributed by atoms with E-state index in [1.54, 1.807) is 31.2 Å². The van der Waals surface area contributed by atoms with Crippen LogP contribution in [0.25, 0.3) is 10.8 Å². The van der Waals surface area contributed by atoms with Crippen molar-refractivity contribution in [2.75, 3.05) is 6.38 Å². The number of carbonyl (C=O) groups excluding carboxylic acids is 2. The first-order valence-electron chi connectivity index (χ1n) is 11.7. The second-order valence-electron chi connectivity index (χ2n) is 8.76. The van der Waals surface area contributed by atoms with Gasteiger partial charge in [-0.1, -0.05) is 54.1 Å². The van der Waals surface area contributed by atoms with Gasteiger partial charge in [-0.25, -0.2) is 4.79 Å². The number of fused-ring (bicyclic) bond motifs is 1. The van der Waals surface area contributed by atoms with Crippen LogP contribution in [0.3, 0.4) is 0 Å². The molecule has 0 spiro atoms. The summed E-state index contributed by atoms with van der Waals surface area (Å²) in [5, 5.41) is 14.7. The number of carboxylic acids is 1. The molecule has 0 heterocycles. The smallest absolute Gasteiger partial charge is 0.338 e. The highest BCUT2D eigenvalue weighted by Gasteiger charge is 2.42. The molecule has 3 aromatic carbocycles. The molecular formula is C28H29Cl2NO5. The minimum absolute atomic E-state index is 0.325. The van der Waals surface area contributed by atoms with E-state index >= 15 is 0 Å². The number of aliphatic carboxylic acids is 1. The molecule has 36 heavy (non-hydrogen) atoms. The van der Waals surface area contributed by atoms with Crippen molar-refractivity contribution in [2.45, 2.75) is 38.3 Å². The van der Waals surface area contributed by atoms with Crippen molar-refractivity contribution < 1.29 is 24.2 Å². The van der Waals surface area contributed by atoms with E-state index in [9.17, 15) is 19.5 Å². The molecule has 1 saturated carbocycles. The van der Waals surface area contributed by atoms with E-state index in [1.807, 2.05) is 42.5 Å². The Labute approximate surface area is 220 Å². The lowest BCUT2D eigenvalue weighted by molar-refractivity contribution is -0.153. The van der Waals surface area contributed by atoms with Gasteiger partial charge in [0, 0.05) is 17.8 Å². The average Bonchev–Trinajstić information content (AvgIpc) is 2.84. The molecular weight excluding hydrogens is 501 g/mol. The van der Waals surface area contributed by atoms with E-state index in [0.29, 0.717) is 29.8 Å². The van der Waals surface area contributed by atoms with Crippen molar-refractivity contribution in [1.82, 2.24) is 5.32 Å². The summed E-state index contributed by atoms with van der Waals surface area (Å²) in [5.41, 5.74) is 1.32. The van der Waals surface area contributed by atoms with Crippen LogP contribution in [0.4, 0.5) is 0 Å². The van der Waals surface area contributed by atoms with Crippen LogP contribution in [0.5, 0.6) is 0 Å². The van der Waals surface area contributed by atoms with Gasteiger partial charge in [0.2, 0.25) is 5.91 Å². The molecule has 1 unspecified atom stereocenters. The van der Waals surface area contributed by atoms with E-state index in [4.69, 9.17) is 16.3 Å². The van der Waals surface area contributed by atoms with Gasteiger partial charge >= 0.3 is 11.9 Å². The minimum atomic E-state index is -0.959. The Bertz CT molecular complexity index is 1210. The predicted molar refractivity (Wildman–Crippen MR) is 142 cm³/mol. The van der Waals surface area contributed by atoms with E-state index in [0.717, 1.165) is 16.3 Å². The third-order valence-corrected chi connectivity index (χ3v) is 6.70. The monoisotopic (exact) mass is 529 g/mol. The van der Waals surface area contributed by atoms with Crippen LogP contribution in [0.1, 0.15) is 35.7 Å². The maximum Gasteiger partial charge on any atom is 0.338 e. The highest BCUT2D eigenvalue weighted by Crippen LogP contribution is 2.34. The molecule has 2 N–H and O–H groups in total. The molecule has 1 aliphatic rings. The lowest BCUT2D eigenvalue weighted by Crippen LogP contribution is -2.50. The van der Waals surface area contributed by atoms with E-state index < -0.39 is 35.9 Å². The summed E-state index contributed by atoms with van der Waals surface area (Å²) >= 11 is 10.6. The Morgan fingerprint density at radius 1 is 0.972 bits per heavy atom. The topological polar surface area (TPSA) is 92.7 Å². The molecule has 1 fully saturated rings. The fourth-order valence-corrected chi connectivity index (χ4v) is 4.35. The second-order valence-corrected chi connectivity index (χ2v) is 9.20. The molecule has 8 heteroatoms. The van der Waals surface area contributed by atoms with Gasteiger partial charge in [-0.15, -0.1) is 11.6 Å². The summed E-state index contributed by atoms with van der Waals surface area (Å²) in [6.45, 7) is 1.76. The minimum Gasteiger partial charge on any atom is -0.481 e. The molecule has 0 saturated heterocycles. The van der Waals surface area contributed by atoms with Gasteiger partial charge < -0.3 is 15.2 Å². The number of alkyl halides is 1. The number of hydrogen-bond acceptors (Lipinski definition) is 4. The number of hydrogen-bond donors (Lipinski definition) is 2. The third-order valence-electron chi connectivity index (χ3n) is 6.45. The van der Waals surface area contributed by atoms with Gasteiger partial charge in [0.15, 0.2) is 0 Å². The summed E-state index contributed by atoms with van der Waals surface area (Å²) < 4.78 is 5.89. The molecule has 0 radical (unpaired) electrons. The average molecular weight is 530 g/mol. The number of ether oxygens (including phenoxy) is 1. The van der Waals surface area contributed by atoms with Crippen molar-refractivity contribution in [2.24, 2.45) is 11.8 Å². The Morgan fingerprint density at radius 2 is 1.61 bits per heavy atom. The lowest BCUT2D eigenvalue weighted by atomic mass is 9.73. The van der Waals surface area contributed by atoms with Gasteiger partial charge in [0.1, 0.15) is 6.10 Å². The molecule has 0 aliphatic heterocycles. The van der Waals surface area contributed by atoms with Crippen LogP contribution in [-0.4, -0.2) is 41.5 Å². The van der Waals surface area contributed by atoms with Gasteiger partial charge in [-0.3, -0.25) is 9.59 Å². The van der Waals surface area contributed by atoms with Crippen LogP contribution in [-0.2, 0) is 20.7 Å². The first-order chi connectivity index (χ1) is 17.3. The van der Waals surface area contributed by atoms with E-state index in [1.165, 1.54) is 6.38 Å². The zero-order valence-corrected chi connectivity index (χ0v) is 21.6. The summed E-state index contributed by atoms with van der Waals surface area (Å²) in [6, 6.07) is 19.8. The molecule has 0 aromatic heterocycles. The van der Waals surface area contributed by atoms with Crippen LogP contribution in [0.15, 0.2) is 66.7 Å². The van der Waals surface area contributed by atoms with Gasteiger partial charge in [-0.2, -0.15) is 0 Å². The predicted octanol–water partition coefficient (Wildman–Crippen LogP) is 5.73. The number of carboxylic acid groups (broad SMARTS) is 1. The molecule has 1 aliphatic carbocycles. The fourth-order valence-electron chi connectivity index (χ4n) is 4.23. The highest BCUT2D eigenvalue weighted by atomic mass is 35.5. The summed E-state index contributed by atoms with van der Waals surface area (Å²) in [7, 11) is 0. The number of benzene rings is 3. The largest absolute Gasteiger partial charge is 0.481 e. The highest BCUT2D eigenvalue weighted by molar-refractivity contribution is 6.30. The lowest BCUT2D eigenvalue weighted by Gasteiger charge is -2.34. The second kappa shape index (κ2) is 12.7. The molecule has 4 rings (SSSR count). The van der Waals surface area contributed by atoms with Crippen molar-refractivity contribution in [3.8, 4) is 0 Å². The number of amides is 1. The fraction of sp³-hybridized carbons (Fsp3) is 0.321. The van der Waals surface area contributed by atoms with Gasteiger partial charge in [0.25, 0.3) is 0 Å². The molecule has 6 nitrogen and oxygen atoms in total. The standard InChI is InChI=1S/C27H26ClNO5.CH3Cl/c1-16(29-25(30)22-12-13-23(22)26(31)32)24(14-17-6-10-21(28)11-7-17)34-27(33)20-9-8-18-4-2-3-5-19(18)15-20;1-2/h2-11,15-16,22-24H,12-14H2,1H3,(H,29,30)(H,31,32);1H3/t16?,22-,23+,24+;/m0./s1. The summed E-state index contributed by atoms with van der Waals surface area (Å²) in [4.78, 5) is 37.1. The van der Waals surface area contributed by atoms with Crippen molar-refractivity contribution in [3.05, 3.63) is 82.9 Å². The maximum atomic E-state index is 13.0. The normalized spacial score (nSPS) is 18.1. The number of esters is 1. The zero-order valence-electron chi connectivity index (χ0n) is 20.1. The van der Waals surface area contributed by atoms with Gasteiger partial charge in [-0.05, 0) is 60.4 Å². The molecule has 3 aromatic rings. The van der Waals surface area contributed by atoms with E-state index in [2.05, 4.69) is 16.9 Å². The molecule has 0 bridgehead atoms. The van der Waals surface area contributed by atoms with Crippen molar-refractivity contribution >= 4 is 51.8 Å². The number of rotatable bonds is 8. The molecule has 1 amide bonds. The Hall–Kier alpha value is -3.09. The van der Waals surface area contributed by atoms with Crippen LogP contribution in [0.2, 0.25) is 5.02 Å². The number of halogens is 2. The summed E-state index contributed by atoms with van der Waals surface area (Å²) in [6.07, 6.45) is 2.21. The Morgan fingerprint density at radius 3 is 2.22 bits per heavy atom. The van der Waals surface area contributed by atoms with Gasteiger partial charge in [0.05, 0.1) is 23.4 Å². The molecule has 190 valence electrons. The Kier molecular flexibility index (Phi) is 9.73. The zero-order chi connectivity index (χ0) is 26.2. The van der Waals surface area contributed by atoms with Crippen LogP contribution < -0.4 is 5.32 Å². The quantitative estimate of drug-likeness (QED) is 0.287. The number of carbonyl (C=O) groups is 3. The first kappa shape index (κ1) is 27.5. The third kappa shape index (κ3) is 6.77. The number of nitrogens with one attached hydrogen (secondary N) is 1. The van der Waals surface area contributed by atoms with Crippen molar-refractivity contribution in [3.63, 3.8) is 0 Å². The SMILES string of the molecule is CC(NC(=O)[C@H]1CC[C@H]1C(=O)O)[C@@H](Cc1ccc(Cl)cc1)OC(=O)c1ccc2ccccc2c1.CCl. The molecule has 4 atom stereocenters. The van der Waals surface area contributed by atoms with Crippen LogP contribution >= 0.6 is 23.2 Å². The first-order valence-corrected chi connectivity index (χ1v) is 12.8. The Balaban J connectivity index is 0.00000176. The van der Waals surface area contributed by atoms with E-state index in [-0.39, 0.29) is 5.91 Å². The maximum absolute atomic E-state index is 13.0. The van der Waals surface area contributed by atoms with Crippen LogP contribution in [0, 0.1) is 11.8 Å². The summed E-state index contributed by atoms with van der Waals surface area (Å²) in [5.74, 6) is -3.00. The van der Waals surface area contributed by atoms with Crippen molar-refractivity contribution in [1.29, 1.82) is 0 Å².